The molecule has 0 bridgehead atoms. The van der Waals surface area contributed by atoms with E-state index < -0.39 is 25.8 Å². The van der Waals surface area contributed by atoms with Crippen LogP contribution in [0.3, 0.4) is 0 Å². The Kier molecular flexibility index (Phi) is 6.76. The number of hydrogen-bond acceptors (Lipinski definition) is 5. The summed E-state index contributed by atoms with van der Waals surface area (Å²) < 4.78 is 21.7. The molecule has 0 radical (unpaired) electrons. The molecule has 0 heterocycles. The smallest absolute Gasteiger partial charge is 0.331 e. The lowest BCUT2D eigenvalue weighted by atomic mass is 10.4. The molecule has 0 unspecified atom stereocenters. The van der Waals surface area contributed by atoms with Crippen molar-refractivity contribution in [1.82, 2.24) is 0 Å². The molecule has 0 aromatic carbocycles. The number of carboxylic acids is 1. The summed E-state index contributed by atoms with van der Waals surface area (Å²) in [7, 11) is -3.50. The highest BCUT2D eigenvalue weighted by atomic mass is 31.2. The van der Waals surface area contributed by atoms with Crippen LogP contribution in [0.15, 0.2) is 5.11 Å². The van der Waals surface area contributed by atoms with Crippen molar-refractivity contribution in [2.24, 2.45) is 5.11 Å². The van der Waals surface area contributed by atoms with Gasteiger partial charge >= 0.3 is 13.6 Å². The Morgan fingerprint density at radius 3 is 2.31 bits per heavy atom. The van der Waals surface area contributed by atoms with Crippen LogP contribution in [0.1, 0.15) is 13.8 Å². The second-order valence-electron chi connectivity index (χ2n) is 2.69. The minimum absolute atomic E-state index is 0.125. The van der Waals surface area contributed by atoms with Gasteiger partial charge in [0.15, 0.2) is 0 Å². The molecule has 9 heteroatoms. The van der Waals surface area contributed by atoms with Gasteiger partial charge in [0.05, 0.1) is 19.4 Å². The molecular weight excluding hydrogens is 237 g/mol. The van der Waals surface area contributed by atoms with E-state index in [4.69, 9.17) is 19.7 Å². The van der Waals surface area contributed by atoms with Crippen LogP contribution in [0.4, 0.5) is 0 Å². The number of nitrogens with zero attached hydrogens (tertiary/aromatic N) is 3. The second-order valence-corrected chi connectivity index (χ2v) is 4.79. The van der Waals surface area contributed by atoms with Gasteiger partial charge in [-0.3, -0.25) is 9.36 Å². The van der Waals surface area contributed by atoms with Crippen molar-refractivity contribution in [1.29, 1.82) is 0 Å². The molecule has 0 aliphatic heterocycles. The van der Waals surface area contributed by atoms with Crippen LogP contribution in [0.2, 0.25) is 0 Å². The van der Waals surface area contributed by atoms with Gasteiger partial charge in [-0.15, -0.1) is 0 Å². The minimum Gasteiger partial charge on any atom is -0.481 e. The topological polar surface area (TPSA) is 122 Å². The number of carboxylic acid groups (broad SMARTS) is 1. The van der Waals surface area contributed by atoms with Crippen molar-refractivity contribution in [3.63, 3.8) is 0 Å². The van der Waals surface area contributed by atoms with E-state index >= 15 is 0 Å². The van der Waals surface area contributed by atoms with Crippen LogP contribution >= 0.6 is 7.60 Å². The fourth-order valence-corrected chi connectivity index (χ4v) is 2.70. The van der Waals surface area contributed by atoms with Crippen molar-refractivity contribution in [2.75, 3.05) is 19.4 Å². The normalized spacial score (nSPS) is 12.9. The Morgan fingerprint density at radius 1 is 1.50 bits per heavy atom. The molecule has 16 heavy (non-hydrogen) atoms. The maximum absolute atomic E-state index is 11.9. The first-order valence-electron chi connectivity index (χ1n) is 4.64. The van der Waals surface area contributed by atoms with Crippen molar-refractivity contribution < 1.29 is 23.5 Å². The molecule has 0 aromatic heterocycles. The number of azide groups is 1. The summed E-state index contributed by atoms with van der Waals surface area (Å²) in [6, 6.07) is -1.45. The molecule has 0 fully saturated rings. The van der Waals surface area contributed by atoms with Gasteiger partial charge in [-0.2, -0.15) is 0 Å². The predicted molar refractivity (Wildman–Crippen MR) is 56.3 cm³/mol. The van der Waals surface area contributed by atoms with Crippen LogP contribution in [-0.2, 0) is 18.4 Å². The molecule has 0 saturated heterocycles. The van der Waals surface area contributed by atoms with Crippen LogP contribution < -0.4 is 0 Å². The van der Waals surface area contributed by atoms with Gasteiger partial charge in [-0.05, 0) is 19.4 Å². The predicted octanol–water partition coefficient (Wildman–Crippen LogP) is 2.02. The fraction of sp³-hybridized carbons (Fsp3) is 0.857. The summed E-state index contributed by atoms with van der Waals surface area (Å²) in [5.74, 6) is -1.36. The largest absolute Gasteiger partial charge is 0.481 e. The molecule has 0 rings (SSSR count). The fourth-order valence-electron chi connectivity index (χ4n) is 0.974. The third-order valence-corrected chi connectivity index (χ3v) is 3.62. The Morgan fingerprint density at radius 2 is 2.00 bits per heavy atom. The lowest BCUT2D eigenvalue weighted by molar-refractivity contribution is -0.138. The number of carbonyl (C=O) groups is 1. The quantitative estimate of drug-likeness (QED) is 0.306. The van der Waals surface area contributed by atoms with E-state index in [1.165, 1.54) is 0 Å². The van der Waals surface area contributed by atoms with Gasteiger partial charge in [-0.25, -0.2) is 0 Å². The molecule has 1 N–H and O–H groups in total. The number of rotatable bonds is 8. The van der Waals surface area contributed by atoms with E-state index in [1.807, 2.05) is 0 Å². The van der Waals surface area contributed by atoms with Gasteiger partial charge < -0.3 is 14.2 Å². The summed E-state index contributed by atoms with van der Waals surface area (Å²) in [5.41, 5.74) is 8.17. The van der Waals surface area contributed by atoms with Crippen molar-refractivity contribution in [2.45, 2.75) is 19.9 Å². The molecule has 0 aliphatic rings. The highest BCUT2D eigenvalue weighted by molar-refractivity contribution is 7.53. The summed E-state index contributed by atoms with van der Waals surface area (Å²) >= 11 is 0. The third kappa shape index (κ3) is 5.14. The second kappa shape index (κ2) is 7.24. The van der Waals surface area contributed by atoms with E-state index in [9.17, 15) is 9.36 Å². The number of hydrogen-bond donors (Lipinski definition) is 1. The summed E-state index contributed by atoms with van der Waals surface area (Å²) in [6.45, 7) is 3.46. The minimum atomic E-state index is -3.50. The molecule has 1 atom stereocenters. The van der Waals surface area contributed by atoms with E-state index in [1.54, 1.807) is 13.8 Å². The standard InChI is InChI=1S/C7H14N3O5P/c1-3-14-16(13,15-4-2)5-6(7(11)12)9-10-8/h6H,3-5H2,1-2H3,(H,11,12)/t6-/m1/s1. The Bertz CT molecular complexity index is 316. The zero-order chi connectivity index (χ0) is 12.6. The molecule has 0 saturated carbocycles. The van der Waals surface area contributed by atoms with Gasteiger partial charge in [0.1, 0.15) is 6.04 Å². The first-order chi connectivity index (χ1) is 7.49. The molecule has 8 nitrogen and oxygen atoms in total. The Balaban J connectivity index is 4.76. The van der Waals surface area contributed by atoms with E-state index in [2.05, 4.69) is 10.0 Å². The SMILES string of the molecule is CCOP(=O)(C[C@@H](N=[N+]=[N-])C(=O)O)OCC. The average Bonchev–Trinajstić information content (AvgIpc) is 2.17. The van der Waals surface area contributed by atoms with Gasteiger partial charge in [0.2, 0.25) is 0 Å². The van der Waals surface area contributed by atoms with Gasteiger partial charge in [0.25, 0.3) is 0 Å². The monoisotopic (exact) mass is 251 g/mol. The first kappa shape index (κ1) is 14.9. The average molecular weight is 251 g/mol. The highest BCUT2D eigenvalue weighted by Gasteiger charge is 2.31. The van der Waals surface area contributed by atoms with Crippen molar-refractivity contribution >= 4 is 13.6 Å². The summed E-state index contributed by atoms with van der Waals surface area (Å²) in [5, 5.41) is 11.7. The molecule has 0 amide bonds. The van der Waals surface area contributed by atoms with E-state index in [0.29, 0.717) is 0 Å². The highest BCUT2D eigenvalue weighted by Crippen LogP contribution is 2.48. The van der Waals surface area contributed by atoms with Gasteiger partial charge in [-0.1, -0.05) is 5.11 Å². The lowest BCUT2D eigenvalue weighted by Crippen LogP contribution is -2.23. The maximum Gasteiger partial charge on any atom is 0.331 e. The number of aliphatic carboxylic acids is 1. The van der Waals surface area contributed by atoms with Crippen LogP contribution in [-0.4, -0.2) is 36.5 Å². The molecule has 0 spiro atoms. The zero-order valence-corrected chi connectivity index (χ0v) is 9.96. The van der Waals surface area contributed by atoms with E-state index in [-0.39, 0.29) is 13.2 Å². The first-order valence-corrected chi connectivity index (χ1v) is 6.37. The van der Waals surface area contributed by atoms with E-state index in [0.717, 1.165) is 0 Å². The Labute approximate surface area is 92.7 Å². The summed E-state index contributed by atoms with van der Waals surface area (Å²) in [4.78, 5) is 13.1. The zero-order valence-electron chi connectivity index (χ0n) is 9.07. The van der Waals surface area contributed by atoms with Crippen LogP contribution in [0.25, 0.3) is 10.4 Å². The Hall–Kier alpha value is -1.07. The molecular formula is C7H14N3O5P. The molecule has 0 aromatic rings. The molecule has 92 valence electrons. The third-order valence-electron chi connectivity index (χ3n) is 1.52. The van der Waals surface area contributed by atoms with Crippen molar-refractivity contribution in [3.8, 4) is 0 Å². The van der Waals surface area contributed by atoms with Crippen molar-refractivity contribution in [3.05, 3.63) is 10.4 Å². The molecule has 0 aliphatic carbocycles. The maximum atomic E-state index is 11.9. The van der Waals surface area contributed by atoms with Crippen LogP contribution in [0.5, 0.6) is 0 Å². The lowest BCUT2D eigenvalue weighted by Gasteiger charge is -2.18. The van der Waals surface area contributed by atoms with Gasteiger partial charge in [0, 0.05) is 4.91 Å². The van der Waals surface area contributed by atoms with Crippen LogP contribution in [0, 0.1) is 0 Å². The summed E-state index contributed by atoms with van der Waals surface area (Å²) in [6.07, 6.45) is -0.464.